The number of nitrogens with one attached hydrogen (secondary N) is 1. The lowest BCUT2D eigenvalue weighted by Crippen LogP contribution is -2.30. The van der Waals surface area contributed by atoms with Crippen molar-refractivity contribution in [3.8, 4) is 0 Å². The summed E-state index contributed by atoms with van der Waals surface area (Å²) in [5.41, 5.74) is 1.15. The zero-order valence-corrected chi connectivity index (χ0v) is 17.2. The summed E-state index contributed by atoms with van der Waals surface area (Å²) in [5, 5.41) is 6.26. The zero-order valence-electron chi connectivity index (χ0n) is 15.6. The predicted molar refractivity (Wildman–Crippen MR) is 110 cm³/mol. The molecule has 2 rings (SSSR count). The SMILES string of the molecule is CCCNC(=O)c1csc(CN(CCC)S(=O)(=O)/C=C/c2ccccc2)n1. The van der Waals surface area contributed by atoms with E-state index in [1.54, 1.807) is 11.5 Å². The van der Waals surface area contributed by atoms with E-state index in [9.17, 15) is 13.2 Å². The number of carbonyl (C=O) groups is 1. The van der Waals surface area contributed by atoms with Gasteiger partial charge in [-0.25, -0.2) is 13.4 Å². The Hall–Kier alpha value is -2.03. The fraction of sp³-hybridized carbons (Fsp3) is 0.368. The number of hydrogen-bond donors (Lipinski definition) is 1. The minimum atomic E-state index is -3.59. The maximum Gasteiger partial charge on any atom is 0.270 e. The molecule has 1 aromatic carbocycles. The Morgan fingerprint density at radius 3 is 2.63 bits per heavy atom. The summed E-state index contributed by atoms with van der Waals surface area (Å²) in [6.45, 7) is 5.03. The Morgan fingerprint density at radius 1 is 1.22 bits per heavy atom. The molecule has 0 atom stereocenters. The third-order valence-electron chi connectivity index (χ3n) is 3.70. The molecule has 0 fully saturated rings. The van der Waals surface area contributed by atoms with Gasteiger partial charge < -0.3 is 5.32 Å². The average Bonchev–Trinajstić information content (AvgIpc) is 3.14. The summed E-state index contributed by atoms with van der Waals surface area (Å²) in [7, 11) is -3.59. The summed E-state index contributed by atoms with van der Waals surface area (Å²) in [6.07, 6.45) is 3.12. The van der Waals surface area contributed by atoms with Crippen LogP contribution < -0.4 is 5.32 Å². The van der Waals surface area contributed by atoms with Crippen LogP contribution in [0.1, 0.15) is 47.7 Å². The van der Waals surface area contributed by atoms with Crippen LogP contribution in [0.15, 0.2) is 41.1 Å². The third kappa shape index (κ3) is 6.57. The molecule has 6 nitrogen and oxygen atoms in total. The zero-order chi connectivity index (χ0) is 19.7. The average molecular weight is 408 g/mol. The van der Waals surface area contributed by atoms with Crippen LogP contribution in [0.4, 0.5) is 0 Å². The van der Waals surface area contributed by atoms with Gasteiger partial charge in [0.1, 0.15) is 10.7 Å². The number of hydrogen-bond acceptors (Lipinski definition) is 5. The maximum atomic E-state index is 12.7. The van der Waals surface area contributed by atoms with Gasteiger partial charge >= 0.3 is 0 Å². The molecule has 0 bridgehead atoms. The van der Waals surface area contributed by atoms with E-state index in [1.807, 2.05) is 44.2 Å². The van der Waals surface area contributed by atoms with Crippen molar-refractivity contribution < 1.29 is 13.2 Å². The van der Waals surface area contributed by atoms with E-state index < -0.39 is 10.0 Å². The number of sulfonamides is 1. The molecule has 0 unspecified atom stereocenters. The first-order chi connectivity index (χ1) is 13.0. The first kappa shape index (κ1) is 21.3. The number of rotatable bonds is 10. The molecule has 1 aromatic heterocycles. The molecule has 2 aromatic rings. The molecule has 0 aliphatic rings. The van der Waals surface area contributed by atoms with Gasteiger partial charge in [-0.2, -0.15) is 4.31 Å². The Labute approximate surface area is 165 Å². The van der Waals surface area contributed by atoms with E-state index in [0.717, 1.165) is 12.0 Å². The van der Waals surface area contributed by atoms with Crippen molar-refractivity contribution >= 4 is 33.3 Å². The van der Waals surface area contributed by atoms with Gasteiger partial charge in [-0.1, -0.05) is 44.2 Å². The third-order valence-corrected chi connectivity index (χ3v) is 6.04. The van der Waals surface area contributed by atoms with Crippen molar-refractivity contribution in [2.75, 3.05) is 13.1 Å². The molecule has 1 N–H and O–H groups in total. The second-order valence-electron chi connectivity index (χ2n) is 5.97. The van der Waals surface area contributed by atoms with Crippen LogP contribution >= 0.6 is 11.3 Å². The molecule has 0 spiro atoms. The van der Waals surface area contributed by atoms with Gasteiger partial charge in [0.25, 0.3) is 5.91 Å². The Kier molecular flexibility index (Phi) is 8.15. The monoisotopic (exact) mass is 407 g/mol. The van der Waals surface area contributed by atoms with Gasteiger partial charge in [-0.3, -0.25) is 4.79 Å². The summed E-state index contributed by atoms with van der Waals surface area (Å²) >= 11 is 1.29. The number of benzene rings is 1. The second-order valence-corrected chi connectivity index (χ2v) is 8.74. The molecular formula is C19H25N3O3S2. The van der Waals surface area contributed by atoms with Gasteiger partial charge in [0.15, 0.2) is 0 Å². The number of nitrogens with zero attached hydrogens (tertiary/aromatic N) is 2. The van der Waals surface area contributed by atoms with Crippen molar-refractivity contribution in [3.63, 3.8) is 0 Å². The van der Waals surface area contributed by atoms with E-state index in [2.05, 4.69) is 10.3 Å². The van der Waals surface area contributed by atoms with Crippen molar-refractivity contribution in [2.45, 2.75) is 33.2 Å². The van der Waals surface area contributed by atoms with E-state index in [1.165, 1.54) is 21.1 Å². The quantitative estimate of drug-likeness (QED) is 0.654. The summed E-state index contributed by atoms with van der Waals surface area (Å²) in [5.74, 6) is -0.228. The molecular weight excluding hydrogens is 382 g/mol. The molecule has 8 heteroatoms. The van der Waals surface area contributed by atoms with Crippen LogP contribution in [-0.4, -0.2) is 36.7 Å². The van der Waals surface area contributed by atoms with E-state index in [0.29, 0.717) is 30.2 Å². The lowest BCUT2D eigenvalue weighted by molar-refractivity contribution is 0.0949. The lowest BCUT2D eigenvalue weighted by Gasteiger charge is -2.18. The fourth-order valence-electron chi connectivity index (χ4n) is 2.33. The van der Waals surface area contributed by atoms with Crippen molar-refractivity contribution in [1.29, 1.82) is 0 Å². The second kappa shape index (κ2) is 10.3. The van der Waals surface area contributed by atoms with E-state index >= 15 is 0 Å². The first-order valence-corrected chi connectivity index (χ1v) is 11.3. The standard InChI is InChI=1S/C19H25N3O3S2/c1-3-11-20-19(23)17-15-26-18(21-17)14-22(12-4-2)27(24,25)13-10-16-8-6-5-7-9-16/h5-10,13,15H,3-4,11-12,14H2,1-2H3,(H,20,23)/b13-10+. The Morgan fingerprint density at radius 2 is 1.96 bits per heavy atom. The van der Waals surface area contributed by atoms with Crippen LogP contribution in [0, 0.1) is 0 Å². The molecule has 27 heavy (non-hydrogen) atoms. The van der Waals surface area contributed by atoms with Crippen molar-refractivity contribution in [2.24, 2.45) is 0 Å². The summed E-state index contributed by atoms with van der Waals surface area (Å²) < 4.78 is 26.8. The number of amides is 1. The highest BCUT2D eigenvalue weighted by molar-refractivity contribution is 7.92. The number of aromatic nitrogens is 1. The van der Waals surface area contributed by atoms with Gasteiger partial charge in [-0.15, -0.1) is 11.3 Å². The molecule has 0 radical (unpaired) electrons. The van der Waals surface area contributed by atoms with Gasteiger partial charge in [0, 0.05) is 23.9 Å². The van der Waals surface area contributed by atoms with E-state index in [-0.39, 0.29) is 12.5 Å². The molecule has 0 aliphatic carbocycles. The number of thiazole rings is 1. The molecule has 1 heterocycles. The van der Waals surface area contributed by atoms with Gasteiger partial charge in [0.2, 0.25) is 10.0 Å². The first-order valence-electron chi connectivity index (χ1n) is 8.92. The molecule has 0 saturated heterocycles. The summed E-state index contributed by atoms with van der Waals surface area (Å²) in [4.78, 5) is 16.3. The fourth-order valence-corrected chi connectivity index (χ4v) is 4.44. The van der Waals surface area contributed by atoms with Crippen molar-refractivity contribution in [3.05, 3.63) is 57.4 Å². The van der Waals surface area contributed by atoms with Crippen LogP contribution in [0.2, 0.25) is 0 Å². The molecule has 146 valence electrons. The van der Waals surface area contributed by atoms with Crippen LogP contribution in [0.5, 0.6) is 0 Å². The van der Waals surface area contributed by atoms with Crippen LogP contribution in [0.3, 0.4) is 0 Å². The largest absolute Gasteiger partial charge is 0.351 e. The molecule has 0 saturated carbocycles. The van der Waals surface area contributed by atoms with Crippen LogP contribution in [0.25, 0.3) is 6.08 Å². The molecule has 0 aliphatic heterocycles. The normalized spacial score (nSPS) is 12.0. The highest BCUT2D eigenvalue weighted by atomic mass is 32.2. The van der Waals surface area contributed by atoms with Crippen molar-refractivity contribution in [1.82, 2.24) is 14.6 Å². The number of carbonyl (C=O) groups excluding carboxylic acids is 1. The minimum absolute atomic E-state index is 0.154. The van der Waals surface area contributed by atoms with Gasteiger partial charge in [-0.05, 0) is 24.5 Å². The molecule has 1 amide bonds. The highest BCUT2D eigenvalue weighted by Gasteiger charge is 2.21. The topological polar surface area (TPSA) is 79.4 Å². The Bertz CT molecular complexity index is 861. The van der Waals surface area contributed by atoms with E-state index in [4.69, 9.17) is 0 Å². The predicted octanol–water partition coefficient (Wildman–Crippen LogP) is 3.50. The van der Waals surface area contributed by atoms with Crippen LogP contribution in [-0.2, 0) is 16.6 Å². The minimum Gasteiger partial charge on any atom is -0.351 e. The smallest absolute Gasteiger partial charge is 0.270 e. The van der Waals surface area contributed by atoms with Gasteiger partial charge in [0.05, 0.1) is 6.54 Å². The maximum absolute atomic E-state index is 12.7. The summed E-state index contributed by atoms with van der Waals surface area (Å²) in [6, 6.07) is 9.29. The lowest BCUT2D eigenvalue weighted by atomic mass is 10.2. The Balaban J connectivity index is 2.11. The highest BCUT2D eigenvalue weighted by Crippen LogP contribution is 2.17.